The summed E-state index contributed by atoms with van der Waals surface area (Å²) in [4.78, 5) is 48.1. The maximum atomic E-state index is 13.2. The Kier molecular flexibility index (Phi) is 5.22. The lowest BCUT2D eigenvalue weighted by Gasteiger charge is -2.29. The second-order valence-corrected chi connectivity index (χ2v) is 7.21. The summed E-state index contributed by atoms with van der Waals surface area (Å²) < 4.78 is 0. The molecular weight excluding hydrogens is 374 g/mol. The van der Waals surface area contributed by atoms with Crippen LogP contribution < -0.4 is 10.2 Å². The molecule has 1 aromatic carbocycles. The quantitative estimate of drug-likeness (QED) is 0.783. The van der Waals surface area contributed by atoms with Crippen molar-refractivity contribution >= 4 is 23.5 Å². The minimum atomic E-state index is -0.663. The number of aromatic nitrogens is 2. The van der Waals surface area contributed by atoms with Gasteiger partial charge in [0.2, 0.25) is 5.91 Å². The molecule has 0 spiro atoms. The molecule has 2 aromatic rings. The minimum Gasteiger partial charge on any atom is -0.391 e. The minimum absolute atomic E-state index is 0.140. The highest BCUT2D eigenvalue weighted by Crippen LogP contribution is 2.27. The maximum absolute atomic E-state index is 13.2. The maximum Gasteiger partial charge on any atom is 0.328 e. The van der Waals surface area contributed by atoms with Crippen molar-refractivity contribution in [2.24, 2.45) is 5.92 Å². The molecule has 0 saturated carbocycles. The summed E-state index contributed by atoms with van der Waals surface area (Å²) >= 11 is 0. The van der Waals surface area contributed by atoms with Gasteiger partial charge in [-0.05, 0) is 18.6 Å². The number of likely N-dealkylation sites (tertiary alicyclic amines) is 1. The highest BCUT2D eigenvalue weighted by Gasteiger charge is 2.36. The van der Waals surface area contributed by atoms with Crippen LogP contribution in [-0.2, 0) is 11.2 Å². The molecule has 29 heavy (non-hydrogen) atoms. The van der Waals surface area contributed by atoms with Crippen molar-refractivity contribution in [3.63, 3.8) is 0 Å². The van der Waals surface area contributed by atoms with E-state index in [-0.39, 0.29) is 37.2 Å². The number of β-amino-alcohol motifs (C(OH)–C–C–N with tert-alkyl or cyclic N) is 1. The van der Waals surface area contributed by atoms with Crippen molar-refractivity contribution in [3.05, 3.63) is 54.1 Å². The normalized spacial score (nSPS) is 22.0. The van der Waals surface area contributed by atoms with E-state index >= 15 is 0 Å². The fraction of sp³-hybridized carbons (Fsp3) is 0.350. The fourth-order valence-corrected chi connectivity index (χ4v) is 3.78. The van der Waals surface area contributed by atoms with E-state index in [9.17, 15) is 19.5 Å². The molecule has 9 nitrogen and oxygen atoms in total. The summed E-state index contributed by atoms with van der Waals surface area (Å²) in [5.41, 5.74) is 1.58. The Bertz CT molecular complexity index is 935. The highest BCUT2D eigenvalue weighted by molar-refractivity contribution is 6.09. The number of para-hydroxylation sites is 1. The Hall–Kier alpha value is -3.33. The number of hydrogen-bond donors (Lipinski definition) is 2. The first kappa shape index (κ1) is 19.0. The van der Waals surface area contributed by atoms with Gasteiger partial charge in [0, 0.05) is 50.6 Å². The Labute approximate surface area is 167 Å². The van der Waals surface area contributed by atoms with Gasteiger partial charge in [0.1, 0.15) is 0 Å². The van der Waals surface area contributed by atoms with Crippen LogP contribution in [0.5, 0.6) is 0 Å². The molecule has 150 valence electrons. The first-order valence-electron chi connectivity index (χ1n) is 9.45. The molecule has 4 amide bonds. The number of carbonyl (C=O) groups excluding carboxylic acids is 3. The van der Waals surface area contributed by atoms with Gasteiger partial charge < -0.3 is 10.0 Å². The molecule has 9 heteroatoms. The fourth-order valence-electron chi connectivity index (χ4n) is 3.78. The number of hydrogen-bond acceptors (Lipinski definition) is 6. The van der Waals surface area contributed by atoms with Crippen molar-refractivity contribution in [2.75, 3.05) is 24.5 Å². The number of imide groups is 1. The molecule has 3 heterocycles. The van der Waals surface area contributed by atoms with Crippen LogP contribution in [0.1, 0.15) is 22.5 Å². The molecule has 2 aliphatic rings. The lowest BCUT2D eigenvalue weighted by molar-refractivity contribution is -0.120. The molecule has 1 aromatic heterocycles. The van der Waals surface area contributed by atoms with E-state index in [1.165, 1.54) is 4.90 Å². The smallest absolute Gasteiger partial charge is 0.328 e. The summed E-state index contributed by atoms with van der Waals surface area (Å²) in [5, 5.41) is 12.7. The summed E-state index contributed by atoms with van der Waals surface area (Å²) in [6.07, 6.45) is 4.89. The largest absolute Gasteiger partial charge is 0.391 e. The Morgan fingerprint density at radius 2 is 2.03 bits per heavy atom. The van der Waals surface area contributed by atoms with Gasteiger partial charge in [-0.2, -0.15) is 0 Å². The number of nitrogens with zero attached hydrogens (tertiary/aromatic N) is 4. The van der Waals surface area contributed by atoms with Crippen molar-refractivity contribution < 1.29 is 19.5 Å². The van der Waals surface area contributed by atoms with Crippen LogP contribution in [0.25, 0.3) is 0 Å². The molecule has 2 fully saturated rings. The van der Waals surface area contributed by atoms with Gasteiger partial charge in [-0.25, -0.2) is 4.79 Å². The van der Waals surface area contributed by atoms with E-state index in [4.69, 9.17) is 0 Å². The number of nitrogens with one attached hydrogen (secondary N) is 1. The number of benzene rings is 1. The van der Waals surface area contributed by atoms with Gasteiger partial charge in [-0.15, -0.1) is 0 Å². The number of aliphatic hydroxyl groups is 1. The van der Waals surface area contributed by atoms with Gasteiger partial charge >= 0.3 is 6.03 Å². The third-order valence-electron chi connectivity index (χ3n) is 5.26. The molecule has 2 atom stereocenters. The van der Waals surface area contributed by atoms with Crippen LogP contribution in [0.2, 0.25) is 0 Å². The zero-order chi connectivity index (χ0) is 20.4. The molecular formula is C20H21N5O4. The van der Waals surface area contributed by atoms with E-state index in [1.54, 1.807) is 47.8 Å². The van der Waals surface area contributed by atoms with Gasteiger partial charge in [0.05, 0.1) is 23.0 Å². The first-order chi connectivity index (χ1) is 14.0. The summed E-state index contributed by atoms with van der Waals surface area (Å²) in [7, 11) is 0. The molecule has 2 aliphatic heterocycles. The van der Waals surface area contributed by atoms with E-state index in [1.807, 2.05) is 0 Å². The molecule has 0 bridgehead atoms. The van der Waals surface area contributed by atoms with Crippen LogP contribution in [0, 0.1) is 5.92 Å². The number of urea groups is 1. The average molecular weight is 395 g/mol. The number of carbonyl (C=O) groups is 3. The number of aliphatic hydroxyl groups excluding tert-OH is 1. The molecule has 0 radical (unpaired) electrons. The monoisotopic (exact) mass is 395 g/mol. The lowest BCUT2D eigenvalue weighted by atomic mass is 10.0. The van der Waals surface area contributed by atoms with E-state index in [2.05, 4.69) is 15.3 Å². The summed E-state index contributed by atoms with van der Waals surface area (Å²) in [5.74, 6) is -0.728. The third kappa shape index (κ3) is 3.95. The number of rotatable bonds is 4. The van der Waals surface area contributed by atoms with Crippen LogP contribution in [0.3, 0.4) is 0 Å². The number of amides is 4. The van der Waals surface area contributed by atoms with E-state index < -0.39 is 12.1 Å². The predicted molar refractivity (Wildman–Crippen MR) is 103 cm³/mol. The topological polar surface area (TPSA) is 116 Å². The zero-order valence-corrected chi connectivity index (χ0v) is 15.7. The second-order valence-electron chi connectivity index (χ2n) is 7.21. The molecule has 2 N–H and O–H groups in total. The predicted octanol–water partition coefficient (Wildman–Crippen LogP) is 0.599. The highest BCUT2D eigenvalue weighted by atomic mass is 16.3. The van der Waals surface area contributed by atoms with Crippen LogP contribution >= 0.6 is 0 Å². The first-order valence-corrected chi connectivity index (χ1v) is 9.45. The van der Waals surface area contributed by atoms with Crippen molar-refractivity contribution in [1.29, 1.82) is 0 Å². The van der Waals surface area contributed by atoms with Gasteiger partial charge in [0.25, 0.3) is 5.91 Å². The second kappa shape index (κ2) is 7.96. The lowest BCUT2D eigenvalue weighted by Crippen LogP contribution is -2.50. The third-order valence-corrected chi connectivity index (χ3v) is 5.26. The SMILES string of the molecule is O=C1CCN(c2ccccc2C(=O)N2C[C@@H](Cc3cnccn3)[C@H](O)C2)C(=O)N1. The average Bonchev–Trinajstić information content (AvgIpc) is 3.09. The van der Waals surface area contributed by atoms with Gasteiger partial charge in [-0.3, -0.25) is 29.8 Å². The van der Waals surface area contributed by atoms with Crippen molar-refractivity contribution in [1.82, 2.24) is 20.2 Å². The van der Waals surface area contributed by atoms with Crippen LogP contribution in [0.4, 0.5) is 10.5 Å². The standard InChI is InChI=1S/C20H21N5O4/c26-17-12-24(11-13(17)9-14-10-21-6-7-22-14)19(28)15-3-1-2-4-16(15)25-8-5-18(27)23-20(25)29/h1-4,6-7,10,13,17,26H,5,8-9,11-12H2,(H,23,27,29)/t13-,17-/m1/s1. The van der Waals surface area contributed by atoms with Crippen LogP contribution in [0.15, 0.2) is 42.9 Å². The summed E-state index contributed by atoms with van der Waals surface area (Å²) in [6.45, 7) is 0.811. The molecule has 0 unspecified atom stereocenters. The van der Waals surface area contributed by atoms with Crippen LogP contribution in [-0.4, -0.2) is 63.6 Å². The van der Waals surface area contributed by atoms with Gasteiger partial charge in [0.15, 0.2) is 0 Å². The molecule has 0 aliphatic carbocycles. The Morgan fingerprint density at radius 1 is 1.21 bits per heavy atom. The van der Waals surface area contributed by atoms with Gasteiger partial charge in [-0.1, -0.05) is 12.1 Å². The summed E-state index contributed by atoms with van der Waals surface area (Å²) in [6, 6.07) is 6.28. The molecule has 4 rings (SSSR count). The number of anilines is 1. The Balaban J connectivity index is 1.52. The van der Waals surface area contributed by atoms with E-state index in [0.29, 0.717) is 24.2 Å². The van der Waals surface area contributed by atoms with Crippen molar-refractivity contribution in [3.8, 4) is 0 Å². The Morgan fingerprint density at radius 3 is 2.79 bits per heavy atom. The molecule has 2 saturated heterocycles. The zero-order valence-electron chi connectivity index (χ0n) is 15.7. The van der Waals surface area contributed by atoms with Crippen molar-refractivity contribution in [2.45, 2.75) is 18.9 Å². The van der Waals surface area contributed by atoms with E-state index in [0.717, 1.165) is 5.69 Å².